The average Bonchev–Trinajstić information content (AvgIpc) is 2.68. The summed E-state index contributed by atoms with van der Waals surface area (Å²) in [5, 5.41) is 0. The van der Waals surface area contributed by atoms with Gasteiger partial charge in [-0.25, -0.2) is 8.42 Å². The lowest BCUT2D eigenvalue weighted by molar-refractivity contribution is -0.132. The van der Waals surface area contributed by atoms with E-state index in [1.165, 1.54) is 36.4 Å². The minimum Gasteiger partial charge on any atom is -0.340 e. The van der Waals surface area contributed by atoms with Crippen LogP contribution in [0.25, 0.3) is 0 Å². The van der Waals surface area contributed by atoms with Gasteiger partial charge in [-0.3, -0.25) is 4.79 Å². The second kappa shape index (κ2) is 8.32. The summed E-state index contributed by atoms with van der Waals surface area (Å²) in [6.45, 7) is 1.75. The Hall–Kier alpha value is -1.40. The third-order valence-electron chi connectivity index (χ3n) is 5.46. The maximum atomic E-state index is 12.6. The van der Waals surface area contributed by atoms with Gasteiger partial charge in [-0.1, -0.05) is 50.3 Å². The van der Waals surface area contributed by atoms with Crippen LogP contribution >= 0.6 is 0 Å². The molecule has 1 saturated heterocycles. The number of piperazine rings is 1. The average molecular weight is 365 g/mol. The van der Waals surface area contributed by atoms with Crippen molar-refractivity contribution in [1.82, 2.24) is 9.21 Å². The predicted molar refractivity (Wildman–Crippen MR) is 97.6 cm³/mol. The monoisotopic (exact) mass is 364 g/mol. The largest absolute Gasteiger partial charge is 0.340 e. The molecule has 1 aromatic carbocycles. The van der Waals surface area contributed by atoms with Gasteiger partial charge >= 0.3 is 0 Å². The lowest BCUT2D eigenvalue weighted by Crippen LogP contribution is -2.50. The third kappa shape index (κ3) is 4.61. The molecule has 0 bridgehead atoms. The van der Waals surface area contributed by atoms with Crippen molar-refractivity contribution >= 4 is 15.9 Å². The number of hydrogen-bond acceptors (Lipinski definition) is 3. The molecule has 0 atom stereocenters. The highest BCUT2D eigenvalue weighted by Crippen LogP contribution is 2.27. The SMILES string of the molecule is O=C(CCC1CCCCC1)N1CCN(S(=O)(=O)c2ccccc2)CC1. The Bertz CT molecular complexity index is 661. The van der Waals surface area contributed by atoms with Crippen molar-refractivity contribution in [3.63, 3.8) is 0 Å². The van der Waals surface area contributed by atoms with Gasteiger partial charge in [-0.2, -0.15) is 4.31 Å². The lowest BCUT2D eigenvalue weighted by Gasteiger charge is -2.34. The Morgan fingerprint density at radius 3 is 2.24 bits per heavy atom. The molecule has 5 nitrogen and oxygen atoms in total. The van der Waals surface area contributed by atoms with Gasteiger partial charge < -0.3 is 4.90 Å². The van der Waals surface area contributed by atoms with E-state index >= 15 is 0 Å². The molecule has 2 aliphatic rings. The van der Waals surface area contributed by atoms with E-state index in [9.17, 15) is 13.2 Å². The molecule has 3 rings (SSSR count). The van der Waals surface area contributed by atoms with Crippen LogP contribution in [0.1, 0.15) is 44.9 Å². The summed E-state index contributed by atoms with van der Waals surface area (Å²) in [6, 6.07) is 8.52. The minimum atomic E-state index is -3.45. The third-order valence-corrected chi connectivity index (χ3v) is 7.38. The molecule has 1 aliphatic heterocycles. The fraction of sp³-hybridized carbons (Fsp3) is 0.632. The zero-order valence-corrected chi connectivity index (χ0v) is 15.6. The molecule has 6 heteroatoms. The van der Waals surface area contributed by atoms with Crippen LogP contribution < -0.4 is 0 Å². The fourth-order valence-corrected chi connectivity index (χ4v) is 5.32. The smallest absolute Gasteiger partial charge is 0.243 e. The Morgan fingerprint density at radius 2 is 1.60 bits per heavy atom. The van der Waals surface area contributed by atoms with Gasteiger partial charge in [-0.05, 0) is 24.5 Å². The van der Waals surface area contributed by atoms with Gasteiger partial charge in [0.2, 0.25) is 15.9 Å². The molecule has 0 unspecified atom stereocenters. The molecule has 25 heavy (non-hydrogen) atoms. The van der Waals surface area contributed by atoms with E-state index < -0.39 is 10.0 Å². The molecule has 1 aliphatic carbocycles. The van der Waals surface area contributed by atoms with Crippen molar-refractivity contribution < 1.29 is 13.2 Å². The standard InChI is InChI=1S/C19H28N2O3S/c22-19(12-11-17-7-3-1-4-8-17)20-13-15-21(16-14-20)25(23,24)18-9-5-2-6-10-18/h2,5-6,9-10,17H,1,3-4,7-8,11-16H2. The van der Waals surface area contributed by atoms with Crippen LogP contribution in [0.4, 0.5) is 0 Å². The number of carbonyl (C=O) groups excluding carboxylic acids is 1. The van der Waals surface area contributed by atoms with E-state index in [0.717, 1.165) is 6.42 Å². The lowest BCUT2D eigenvalue weighted by atomic mass is 9.86. The molecule has 1 heterocycles. The van der Waals surface area contributed by atoms with Crippen LogP contribution in [-0.2, 0) is 14.8 Å². The molecule has 138 valence electrons. The molecule has 0 aromatic heterocycles. The second-order valence-corrected chi connectivity index (χ2v) is 9.08. The minimum absolute atomic E-state index is 0.183. The summed E-state index contributed by atoms with van der Waals surface area (Å²) in [6.07, 6.45) is 8.05. The number of sulfonamides is 1. The highest BCUT2D eigenvalue weighted by Gasteiger charge is 2.30. The Morgan fingerprint density at radius 1 is 0.960 bits per heavy atom. The molecule has 1 aromatic rings. The fourth-order valence-electron chi connectivity index (χ4n) is 3.88. The Balaban J connectivity index is 1.49. The molecule has 2 fully saturated rings. The van der Waals surface area contributed by atoms with Crippen molar-refractivity contribution in [2.75, 3.05) is 26.2 Å². The van der Waals surface area contributed by atoms with E-state index in [2.05, 4.69) is 0 Å². The van der Waals surface area contributed by atoms with Gasteiger partial charge in [0.15, 0.2) is 0 Å². The molecule has 0 radical (unpaired) electrons. The van der Waals surface area contributed by atoms with Crippen LogP contribution in [0.5, 0.6) is 0 Å². The van der Waals surface area contributed by atoms with Crippen LogP contribution in [0, 0.1) is 5.92 Å². The molecule has 0 spiro atoms. The van der Waals surface area contributed by atoms with Crippen LogP contribution in [0.15, 0.2) is 35.2 Å². The molecular weight excluding hydrogens is 336 g/mol. The highest BCUT2D eigenvalue weighted by molar-refractivity contribution is 7.89. The number of benzene rings is 1. The number of rotatable bonds is 5. The van der Waals surface area contributed by atoms with Crippen molar-refractivity contribution in [2.45, 2.75) is 49.8 Å². The van der Waals surface area contributed by atoms with Crippen molar-refractivity contribution in [2.24, 2.45) is 5.92 Å². The zero-order chi connectivity index (χ0) is 17.7. The second-order valence-electron chi connectivity index (χ2n) is 7.14. The summed E-state index contributed by atoms with van der Waals surface area (Å²) in [4.78, 5) is 14.6. The van der Waals surface area contributed by atoms with E-state index in [-0.39, 0.29) is 5.91 Å². The van der Waals surface area contributed by atoms with Crippen molar-refractivity contribution in [1.29, 1.82) is 0 Å². The Labute approximate surface area is 151 Å². The van der Waals surface area contributed by atoms with E-state index in [1.807, 2.05) is 11.0 Å². The summed E-state index contributed by atoms with van der Waals surface area (Å²) >= 11 is 0. The molecule has 0 N–H and O–H groups in total. The first-order valence-corrected chi connectivity index (χ1v) is 10.8. The van der Waals surface area contributed by atoms with E-state index in [1.54, 1.807) is 24.3 Å². The molecule has 1 amide bonds. The number of carbonyl (C=O) groups is 1. The summed E-state index contributed by atoms with van der Waals surface area (Å²) < 4.78 is 26.7. The maximum Gasteiger partial charge on any atom is 0.243 e. The van der Waals surface area contributed by atoms with E-state index in [4.69, 9.17) is 0 Å². The van der Waals surface area contributed by atoms with Gasteiger partial charge in [0.25, 0.3) is 0 Å². The summed E-state index contributed by atoms with van der Waals surface area (Å²) in [5.74, 6) is 0.889. The van der Waals surface area contributed by atoms with Gasteiger partial charge in [0.1, 0.15) is 0 Å². The summed E-state index contributed by atoms with van der Waals surface area (Å²) in [5.41, 5.74) is 0. The highest BCUT2D eigenvalue weighted by atomic mass is 32.2. The van der Waals surface area contributed by atoms with Crippen LogP contribution in [0.2, 0.25) is 0 Å². The first-order valence-electron chi connectivity index (χ1n) is 9.40. The topological polar surface area (TPSA) is 57.7 Å². The Kier molecular flexibility index (Phi) is 6.12. The number of hydrogen-bond donors (Lipinski definition) is 0. The molecular formula is C19H28N2O3S. The van der Waals surface area contributed by atoms with Gasteiger partial charge in [0.05, 0.1) is 4.90 Å². The van der Waals surface area contributed by atoms with Gasteiger partial charge in [0, 0.05) is 32.6 Å². The normalized spacial score (nSPS) is 20.6. The maximum absolute atomic E-state index is 12.6. The van der Waals surface area contributed by atoms with Crippen LogP contribution in [0.3, 0.4) is 0 Å². The molecule has 1 saturated carbocycles. The number of nitrogens with zero attached hydrogens (tertiary/aromatic N) is 2. The zero-order valence-electron chi connectivity index (χ0n) is 14.8. The number of amides is 1. The summed E-state index contributed by atoms with van der Waals surface area (Å²) in [7, 11) is -3.45. The van der Waals surface area contributed by atoms with Crippen LogP contribution in [-0.4, -0.2) is 49.7 Å². The first kappa shape index (κ1) is 18.4. The van der Waals surface area contributed by atoms with Crippen molar-refractivity contribution in [3.05, 3.63) is 30.3 Å². The van der Waals surface area contributed by atoms with Crippen molar-refractivity contribution in [3.8, 4) is 0 Å². The van der Waals surface area contributed by atoms with E-state index in [0.29, 0.717) is 43.4 Å². The predicted octanol–water partition coefficient (Wildman–Crippen LogP) is 2.88. The van der Waals surface area contributed by atoms with Gasteiger partial charge in [-0.15, -0.1) is 0 Å². The first-order chi connectivity index (χ1) is 12.1. The quantitative estimate of drug-likeness (QED) is 0.807.